The maximum Gasteiger partial charge on any atom is 0.395 e. The summed E-state index contributed by atoms with van der Waals surface area (Å²) in [5, 5.41) is 0. The SMILES string of the molecule is CCCCC/C=C/[C@H](CC(=O)OCC)C(F)(F)F. The molecule has 0 aromatic heterocycles. The van der Waals surface area contributed by atoms with Crippen molar-refractivity contribution in [2.45, 2.75) is 52.1 Å². The van der Waals surface area contributed by atoms with Crippen LogP contribution in [0.3, 0.4) is 0 Å². The molecule has 0 aromatic rings. The number of allylic oxidation sites excluding steroid dienone is 2. The van der Waals surface area contributed by atoms with Crippen molar-refractivity contribution in [2.24, 2.45) is 5.92 Å². The van der Waals surface area contributed by atoms with Crippen LogP contribution >= 0.6 is 0 Å². The molecule has 0 aliphatic heterocycles. The van der Waals surface area contributed by atoms with Crippen molar-refractivity contribution in [2.75, 3.05) is 6.61 Å². The predicted molar refractivity (Wildman–Crippen MR) is 64.1 cm³/mol. The number of halogens is 3. The molecule has 0 amide bonds. The number of hydrogen-bond donors (Lipinski definition) is 0. The van der Waals surface area contributed by atoms with Gasteiger partial charge in [-0.3, -0.25) is 4.79 Å². The zero-order valence-corrected chi connectivity index (χ0v) is 10.9. The molecule has 0 unspecified atom stereocenters. The minimum absolute atomic E-state index is 0.101. The lowest BCUT2D eigenvalue weighted by Crippen LogP contribution is -2.24. The van der Waals surface area contributed by atoms with Gasteiger partial charge in [-0.15, -0.1) is 0 Å². The van der Waals surface area contributed by atoms with Crippen LogP contribution < -0.4 is 0 Å². The highest BCUT2D eigenvalue weighted by atomic mass is 19.4. The van der Waals surface area contributed by atoms with E-state index in [1.807, 2.05) is 6.92 Å². The highest BCUT2D eigenvalue weighted by Crippen LogP contribution is 2.30. The maximum absolute atomic E-state index is 12.6. The fraction of sp³-hybridized carbons (Fsp3) is 0.769. The van der Waals surface area contributed by atoms with Gasteiger partial charge in [-0.1, -0.05) is 31.9 Å². The molecule has 106 valence electrons. The Bertz CT molecular complexity index is 259. The summed E-state index contributed by atoms with van der Waals surface area (Å²) in [6.07, 6.45) is 1.06. The Morgan fingerprint density at radius 3 is 2.44 bits per heavy atom. The molecule has 0 aliphatic carbocycles. The minimum atomic E-state index is -4.39. The lowest BCUT2D eigenvalue weighted by molar-refractivity contribution is -0.173. The van der Waals surface area contributed by atoms with Crippen LogP contribution in [0.4, 0.5) is 13.2 Å². The average Bonchev–Trinajstić information content (AvgIpc) is 2.26. The van der Waals surface area contributed by atoms with Gasteiger partial charge >= 0.3 is 12.1 Å². The number of hydrogen-bond acceptors (Lipinski definition) is 2. The second-order valence-corrected chi connectivity index (χ2v) is 4.08. The zero-order chi connectivity index (χ0) is 14.0. The summed E-state index contributed by atoms with van der Waals surface area (Å²) in [7, 11) is 0. The number of esters is 1. The first-order valence-corrected chi connectivity index (χ1v) is 6.30. The Morgan fingerprint density at radius 2 is 1.94 bits per heavy atom. The third-order valence-corrected chi connectivity index (χ3v) is 2.46. The van der Waals surface area contributed by atoms with Gasteiger partial charge in [0, 0.05) is 0 Å². The van der Waals surface area contributed by atoms with Crippen LogP contribution in [0.5, 0.6) is 0 Å². The Morgan fingerprint density at radius 1 is 1.28 bits per heavy atom. The first kappa shape index (κ1) is 17.0. The molecular formula is C13H21F3O2. The predicted octanol–water partition coefficient (Wildman–Crippen LogP) is 4.25. The van der Waals surface area contributed by atoms with Gasteiger partial charge in [0.25, 0.3) is 0 Å². The third-order valence-electron chi connectivity index (χ3n) is 2.46. The maximum atomic E-state index is 12.6. The molecular weight excluding hydrogens is 245 g/mol. The van der Waals surface area contributed by atoms with Gasteiger partial charge in [-0.05, 0) is 19.8 Å². The molecule has 0 heterocycles. The van der Waals surface area contributed by atoms with E-state index in [2.05, 4.69) is 4.74 Å². The van der Waals surface area contributed by atoms with Crippen molar-refractivity contribution in [1.82, 2.24) is 0 Å². The minimum Gasteiger partial charge on any atom is -0.466 e. The van der Waals surface area contributed by atoms with Gasteiger partial charge in [0.05, 0.1) is 18.9 Å². The largest absolute Gasteiger partial charge is 0.466 e. The summed E-state index contributed by atoms with van der Waals surface area (Å²) in [5.74, 6) is -2.55. The normalized spacial score (nSPS) is 13.8. The van der Waals surface area contributed by atoms with Gasteiger partial charge in [-0.2, -0.15) is 13.2 Å². The Labute approximate surface area is 106 Å². The fourth-order valence-corrected chi connectivity index (χ4v) is 1.47. The second-order valence-electron chi connectivity index (χ2n) is 4.08. The van der Waals surface area contributed by atoms with Crippen LogP contribution in [0.2, 0.25) is 0 Å². The molecule has 0 aliphatic rings. The first-order valence-electron chi connectivity index (χ1n) is 6.30. The molecule has 0 saturated carbocycles. The van der Waals surface area contributed by atoms with E-state index in [1.165, 1.54) is 6.08 Å². The van der Waals surface area contributed by atoms with Crippen molar-refractivity contribution < 1.29 is 22.7 Å². The van der Waals surface area contributed by atoms with Gasteiger partial charge in [0.15, 0.2) is 0 Å². The molecule has 0 rings (SSSR count). The van der Waals surface area contributed by atoms with Gasteiger partial charge in [0.1, 0.15) is 0 Å². The third kappa shape index (κ3) is 8.14. The zero-order valence-electron chi connectivity index (χ0n) is 10.9. The monoisotopic (exact) mass is 266 g/mol. The van der Waals surface area contributed by atoms with Gasteiger partial charge in [0.2, 0.25) is 0 Å². The number of rotatable bonds is 8. The summed E-state index contributed by atoms with van der Waals surface area (Å²) >= 11 is 0. The van der Waals surface area contributed by atoms with Crippen molar-refractivity contribution in [3.05, 3.63) is 12.2 Å². The van der Waals surface area contributed by atoms with E-state index >= 15 is 0 Å². The molecule has 18 heavy (non-hydrogen) atoms. The van der Waals surface area contributed by atoms with Crippen LogP contribution in [0.15, 0.2) is 12.2 Å². The number of carbonyl (C=O) groups is 1. The smallest absolute Gasteiger partial charge is 0.395 e. The van der Waals surface area contributed by atoms with E-state index in [1.54, 1.807) is 6.92 Å². The fourth-order valence-electron chi connectivity index (χ4n) is 1.47. The lowest BCUT2D eigenvalue weighted by Gasteiger charge is -2.15. The second kappa shape index (κ2) is 9.00. The van der Waals surface area contributed by atoms with Crippen LogP contribution in [-0.2, 0) is 9.53 Å². The van der Waals surface area contributed by atoms with E-state index in [4.69, 9.17) is 0 Å². The molecule has 0 N–H and O–H groups in total. The topological polar surface area (TPSA) is 26.3 Å². The van der Waals surface area contributed by atoms with Gasteiger partial charge in [-0.25, -0.2) is 0 Å². The number of unbranched alkanes of at least 4 members (excludes halogenated alkanes) is 3. The van der Waals surface area contributed by atoms with Crippen molar-refractivity contribution in [3.8, 4) is 0 Å². The summed E-state index contributed by atoms with van der Waals surface area (Å²) in [6, 6.07) is 0. The van der Waals surface area contributed by atoms with E-state index in [0.29, 0.717) is 6.42 Å². The van der Waals surface area contributed by atoms with E-state index in [-0.39, 0.29) is 6.61 Å². The molecule has 0 spiro atoms. The summed E-state index contributed by atoms with van der Waals surface area (Å²) in [4.78, 5) is 11.1. The number of carbonyl (C=O) groups excluding carboxylic acids is 1. The first-order chi connectivity index (χ1) is 8.41. The molecule has 0 radical (unpaired) electrons. The molecule has 1 atom stereocenters. The molecule has 0 bridgehead atoms. The molecule has 0 saturated heterocycles. The van der Waals surface area contributed by atoms with E-state index in [0.717, 1.165) is 25.3 Å². The summed E-state index contributed by atoms with van der Waals surface area (Å²) in [5.41, 5.74) is 0. The summed E-state index contributed by atoms with van der Waals surface area (Å²) < 4.78 is 42.5. The molecule has 2 nitrogen and oxygen atoms in total. The van der Waals surface area contributed by atoms with Crippen LogP contribution in [-0.4, -0.2) is 18.8 Å². The highest BCUT2D eigenvalue weighted by molar-refractivity contribution is 5.70. The van der Waals surface area contributed by atoms with Crippen LogP contribution in [0, 0.1) is 5.92 Å². The van der Waals surface area contributed by atoms with Crippen LogP contribution in [0.1, 0.15) is 46.0 Å². The Kier molecular flexibility index (Phi) is 8.50. The Balaban J connectivity index is 4.28. The summed E-state index contributed by atoms with van der Waals surface area (Å²) in [6.45, 7) is 3.70. The standard InChI is InChI=1S/C13H21F3O2/c1-3-5-6-7-8-9-11(13(14,15)16)10-12(17)18-4-2/h8-9,11H,3-7,10H2,1-2H3/b9-8+/t11-/m1/s1. The average molecular weight is 266 g/mol. The van der Waals surface area contributed by atoms with Crippen molar-refractivity contribution in [3.63, 3.8) is 0 Å². The van der Waals surface area contributed by atoms with Crippen LogP contribution in [0.25, 0.3) is 0 Å². The Hall–Kier alpha value is -1.00. The van der Waals surface area contributed by atoms with Gasteiger partial charge < -0.3 is 4.74 Å². The molecule has 0 fully saturated rings. The van der Waals surface area contributed by atoms with Crippen molar-refractivity contribution in [1.29, 1.82) is 0 Å². The quantitative estimate of drug-likeness (QED) is 0.373. The number of ether oxygens (including phenoxy) is 1. The van der Waals surface area contributed by atoms with E-state index in [9.17, 15) is 18.0 Å². The number of alkyl halides is 3. The molecule has 0 aromatic carbocycles. The van der Waals surface area contributed by atoms with E-state index < -0.39 is 24.5 Å². The molecule has 5 heteroatoms. The lowest BCUT2D eigenvalue weighted by atomic mass is 10.0. The highest BCUT2D eigenvalue weighted by Gasteiger charge is 2.39. The van der Waals surface area contributed by atoms with Crippen molar-refractivity contribution >= 4 is 5.97 Å².